The van der Waals surface area contributed by atoms with E-state index in [1.54, 1.807) is 23.9 Å². The summed E-state index contributed by atoms with van der Waals surface area (Å²) in [7, 11) is 1.61. The second kappa shape index (κ2) is 11.3. The average Bonchev–Trinajstić information content (AvgIpc) is 3.31. The molecule has 0 aliphatic rings. The van der Waals surface area contributed by atoms with Crippen LogP contribution in [0.5, 0.6) is 11.8 Å². The lowest BCUT2D eigenvalue weighted by molar-refractivity contribution is 0.102. The molecule has 3 aromatic carbocycles. The van der Waals surface area contributed by atoms with Crippen LogP contribution >= 0.6 is 0 Å². The van der Waals surface area contributed by atoms with Crippen molar-refractivity contribution in [3.63, 3.8) is 0 Å². The van der Waals surface area contributed by atoms with Gasteiger partial charge in [-0.05, 0) is 79.7 Å². The van der Waals surface area contributed by atoms with Crippen molar-refractivity contribution in [3.05, 3.63) is 84.2 Å². The number of hydrogen-bond donors (Lipinski definition) is 1. The SMILES string of the molecule is CCOCCOc1nc(-c2ccc(OC)cc2)n(-c2ccc(NC(=O)c3ccc(F)cc3)cc2)n1. The number of nitrogens with one attached hydrogen (secondary N) is 1. The minimum atomic E-state index is -0.396. The molecule has 8 nitrogen and oxygen atoms in total. The van der Waals surface area contributed by atoms with Crippen LogP contribution < -0.4 is 14.8 Å². The summed E-state index contributed by atoms with van der Waals surface area (Å²) < 4.78 is 31.0. The van der Waals surface area contributed by atoms with E-state index in [1.165, 1.54) is 24.3 Å². The van der Waals surface area contributed by atoms with Gasteiger partial charge in [0, 0.05) is 23.4 Å². The number of aromatic nitrogens is 3. The Labute approximate surface area is 202 Å². The highest BCUT2D eigenvalue weighted by molar-refractivity contribution is 6.04. The summed E-state index contributed by atoms with van der Waals surface area (Å²) in [5.41, 5.74) is 2.50. The molecule has 0 atom stereocenters. The van der Waals surface area contributed by atoms with Gasteiger partial charge in [-0.1, -0.05) is 0 Å². The first kappa shape index (κ1) is 23.9. The van der Waals surface area contributed by atoms with Gasteiger partial charge in [0.25, 0.3) is 5.91 Å². The van der Waals surface area contributed by atoms with Gasteiger partial charge in [0.15, 0.2) is 5.82 Å². The molecule has 1 heterocycles. The number of ether oxygens (including phenoxy) is 3. The van der Waals surface area contributed by atoms with Crippen LogP contribution in [0.3, 0.4) is 0 Å². The molecule has 0 bridgehead atoms. The van der Waals surface area contributed by atoms with Gasteiger partial charge in [-0.2, -0.15) is 4.98 Å². The molecule has 1 amide bonds. The number of hydrogen-bond acceptors (Lipinski definition) is 6. The van der Waals surface area contributed by atoms with E-state index in [4.69, 9.17) is 14.2 Å². The standard InChI is InChI=1S/C26H25FN4O4/c1-3-34-16-17-35-26-29-24(18-6-14-23(33-2)15-7-18)31(30-26)22-12-10-21(11-13-22)28-25(32)19-4-8-20(27)9-5-19/h4-15H,3,16-17H2,1-2H3,(H,28,32). The van der Waals surface area contributed by atoms with E-state index < -0.39 is 5.82 Å². The molecule has 0 radical (unpaired) electrons. The van der Waals surface area contributed by atoms with Gasteiger partial charge in [0.2, 0.25) is 0 Å². The van der Waals surface area contributed by atoms with Crippen molar-refractivity contribution < 1.29 is 23.4 Å². The molecule has 4 aromatic rings. The van der Waals surface area contributed by atoms with E-state index in [0.29, 0.717) is 36.9 Å². The topological polar surface area (TPSA) is 87.5 Å². The number of rotatable bonds is 10. The summed E-state index contributed by atoms with van der Waals surface area (Å²) in [6.45, 7) is 3.28. The highest BCUT2D eigenvalue weighted by Gasteiger charge is 2.15. The van der Waals surface area contributed by atoms with Crippen LogP contribution in [0.2, 0.25) is 0 Å². The number of carbonyl (C=O) groups is 1. The molecule has 35 heavy (non-hydrogen) atoms. The number of anilines is 1. The van der Waals surface area contributed by atoms with Gasteiger partial charge < -0.3 is 19.5 Å². The highest BCUT2D eigenvalue weighted by Crippen LogP contribution is 2.26. The lowest BCUT2D eigenvalue weighted by Gasteiger charge is -2.09. The summed E-state index contributed by atoms with van der Waals surface area (Å²) in [6, 6.07) is 20.2. The Balaban J connectivity index is 1.57. The summed E-state index contributed by atoms with van der Waals surface area (Å²) in [5.74, 6) is 0.589. The normalized spacial score (nSPS) is 10.7. The Bertz CT molecular complexity index is 1260. The van der Waals surface area contributed by atoms with Gasteiger partial charge in [0.05, 0.1) is 19.4 Å². The van der Waals surface area contributed by atoms with E-state index >= 15 is 0 Å². The van der Waals surface area contributed by atoms with Crippen molar-refractivity contribution in [2.45, 2.75) is 6.92 Å². The zero-order valence-electron chi connectivity index (χ0n) is 19.4. The number of methoxy groups -OCH3 is 1. The third-order valence-electron chi connectivity index (χ3n) is 5.08. The molecule has 0 unspecified atom stereocenters. The molecule has 0 spiro atoms. The fourth-order valence-electron chi connectivity index (χ4n) is 3.29. The monoisotopic (exact) mass is 476 g/mol. The van der Waals surface area contributed by atoms with Crippen LogP contribution in [0.25, 0.3) is 17.1 Å². The van der Waals surface area contributed by atoms with Gasteiger partial charge in [-0.3, -0.25) is 4.79 Å². The molecule has 9 heteroatoms. The van der Waals surface area contributed by atoms with Crippen molar-refractivity contribution in [2.75, 3.05) is 32.2 Å². The van der Waals surface area contributed by atoms with Crippen LogP contribution in [0, 0.1) is 5.82 Å². The zero-order chi connectivity index (χ0) is 24.6. The summed E-state index contributed by atoms with van der Waals surface area (Å²) in [4.78, 5) is 17.0. The largest absolute Gasteiger partial charge is 0.497 e. The van der Waals surface area contributed by atoms with E-state index in [9.17, 15) is 9.18 Å². The summed E-state index contributed by atoms with van der Waals surface area (Å²) in [6.07, 6.45) is 0. The Morgan fingerprint density at radius 1 is 0.971 bits per heavy atom. The molecule has 4 rings (SSSR count). The first-order chi connectivity index (χ1) is 17.1. The maximum absolute atomic E-state index is 13.1. The first-order valence-electron chi connectivity index (χ1n) is 11.1. The quantitative estimate of drug-likeness (QED) is 0.333. The first-order valence-corrected chi connectivity index (χ1v) is 11.1. The third-order valence-corrected chi connectivity index (χ3v) is 5.08. The second-order valence-corrected chi connectivity index (χ2v) is 7.41. The fraction of sp³-hybridized carbons (Fsp3) is 0.192. The zero-order valence-corrected chi connectivity index (χ0v) is 19.4. The predicted molar refractivity (Wildman–Crippen MR) is 130 cm³/mol. The van der Waals surface area contributed by atoms with E-state index in [2.05, 4.69) is 15.4 Å². The molecule has 0 aliphatic carbocycles. The molecule has 1 N–H and O–H groups in total. The maximum Gasteiger partial charge on any atom is 0.336 e. The van der Waals surface area contributed by atoms with E-state index in [1.807, 2.05) is 43.3 Å². The van der Waals surface area contributed by atoms with Gasteiger partial charge >= 0.3 is 6.01 Å². The Kier molecular flexibility index (Phi) is 7.69. The summed E-state index contributed by atoms with van der Waals surface area (Å²) in [5, 5.41) is 7.32. The summed E-state index contributed by atoms with van der Waals surface area (Å²) >= 11 is 0. The number of carbonyl (C=O) groups excluding carboxylic acids is 1. The lowest BCUT2D eigenvalue weighted by atomic mass is 10.2. The Morgan fingerprint density at radius 2 is 1.69 bits per heavy atom. The highest BCUT2D eigenvalue weighted by atomic mass is 19.1. The van der Waals surface area contributed by atoms with Crippen LogP contribution in [0.1, 0.15) is 17.3 Å². The molecular formula is C26H25FN4O4. The third kappa shape index (κ3) is 6.01. The molecular weight excluding hydrogens is 451 g/mol. The molecule has 0 saturated heterocycles. The molecule has 1 aromatic heterocycles. The number of benzene rings is 3. The van der Waals surface area contributed by atoms with Crippen molar-refractivity contribution >= 4 is 11.6 Å². The van der Waals surface area contributed by atoms with Crippen molar-refractivity contribution in [1.82, 2.24) is 14.8 Å². The second-order valence-electron chi connectivity index (χ2n) is 7.41. The van der Waals surface area contributed by atoms with Crippen LogP contribution in [0.4, 0.5) is 10.1 Å². The van der Waals surface area contributed by atoms with Crippen molar-refractivity contribution in [3.8, 4) is 28.8 Å². The van der Waals surface area contributed by atoms with Gasteiger partial charge in [0.1, 0.15) is 18.2 Å². The predicted octanol–water partition coefficient (Wildman–Crippen LogP) is 4.75. The number of nitrogens with zero attached hydrogens (tertiary/aromatic N) is 3. The number of amides is 1. The maximum atomic E-state index is 13.1. The molecule has 0 aliphatic heterocycles. The smallest absolute Gasteiger partial charge is 0.336 e. The van der Waals surface area contributed by atoms with Crippen LogP contribution in [-0.2, 0) is 4.74 Å². The minimum Gasteiger partial charge on any atom is -0.497 e. The molecule has 0 fully saturated rings. The van der Waals surface area contributed by atoms with E-state index in [0.717, 1.165) is 17.0 Å². The minimum absolute atomic E-state index is 0.226. The Hall–Kier alpha value is -4.24. The molecule has 180 valence electrons. The van der Waals surface area contributed by atoms with Gasteiger partial charge in [-0.15, -0.1) is 5.10 Å². The molecule has 0 saturated carbocycles. The van der Waals surface area contributed by atoms with E-state index in [-0.39, 0.29) is 11.9 Å². The number of halogens is 1. The van der Waals surface area contributed by atoms with Crippen LogP contribution in [0.15, 0.2) is 72.8 Å². The van der Waals surface area contributed by atoms with Crippen LogP contribution in [-0.4, -0.2) is 47.6 Å². The Morgan fingerprint density at radius 3 is 2.34 bits per heavy atom. The van der Waals surface area contributed by atoms with Gasteiger partial charge in [-0.25, -0.2) is 9.07 Å². The van der Waals surface area contributed by atoms with Crippen molar-refractivity contribution in [2.24, 2.45) is 0 Å². The lowest BCUT2D eigenvalue weighted by Crippen LogP contribution is -2.12. The van der Waals surface area contributed by atoms with Crippen molar-refractivity contribution in [1.29, 1.82) is 0 Å². The fourth-order valence-corrected chi connectivity index (χ4v) is 3.29. The average molecular weight is 477 g/mol.